The zero-order chi connectivity index (χ0) is 7.84. The molecule has 0 saturated carbocycles. The molecule has 2 aliphatic heterocycles. The summed E-state index contributed by atoms with van der Waals surface area (Å²) in [6, 6.07) is 0. The molecule has 2 fully saturated rings. The van der Waals surface area contributed by atoms with Gasteiger partial charge in [-0.15, -0.1) is 0 Å². The molecule has 8 nitrogen and oxygen atoms in total. The topological polar surface area (TPSA) is 124 Å². The number of rotatable bonds is 2. The molecule has 0 spiro atoms. The zero-order valence-corrected chi connectivity index (χ0v) is 11.7. The second kappa shape index (κ2) is 8.09. The summed E-state index contributed by atoms with van der Waals surface area (Å²) in [6.45, 7) is 0. The van der Waals surface area contributed by atoms with Crippen LogP contribution in [0.3, 0.4) is 0 Å². The Bertz CT molecular complexity index is 130. The van der Waals surface area contributed by atoms with E-state index in [1.165, 1.54) is 0 Å². The van der Waals surface area contributed by atoms with E-state index in [-0.39, 0.29) is 64.6 Å². The molecule has 2 heterocycles. The van der Waals surface area contributed by atoms with Gasteiger partial charge in [-0.25, -0.2) is 0 Å². The molecule has 2 saturated heterocycles. The van der Waals surface area contributed by atoms with E-state index in [2.05, 4.69) is 22.9 Å². The van der Waals surface area contributed by atoms with Gasteiger partial charge in [-0.3, -0.25) is 0 Å². The summed E-state index contributed by atoms with van der Waals surface area (Å²) in [6.07, 6.45) is 0. The third-order valence-corrected chi connectivity index (χ3v) is 1.11. The van der Waals surface area contributed by atoms with Crippen LogP contribution in [-0.2, 0) is 22.9 Å². The molecule has 0 bridgehead atoms. The fourth-order valence-electron chi connectivity index (χ4n) is 0.602. The van der Waals surface area contributed by atoms with Crippen molar-refractivity contribution in [3.63, 3.8) is 0 Å². The van der Waals surface area contributed by atoms with Crippen LogP contribution in [0.5, 0.6) is 0 Å². The second-order valence-corrected chi connectivity index (χ2v) is 1.84. The molecule has 64 valence electrons. The van der Waals surface area contributed by atoms with Gasteiger partial charge in [-0.2, -0.15) is 0 Å². The maximum atomic E-state index is 10.1. The molecule has 2 aliphatic rings. The molecule has 0 atom stereocenters. The fourth-order valence-corrected chi connectivity index (χ4v) is 0.602. The Morgan fingerprint density at radius 2 is 1.07 bits per heavy atom. The van der Waals surface area contributed by atoms with Gasteiger partial charge in [0.1, 0.15) is 0 Å². The molecule has 2 N–H and O–H groups in total. The van der Waals surface area contributed by atoms with Crippen molar-refractivity contribution in [1.29, 1.82) is 0 Å². The molecule has 0 amide bonds. The van der Waals surface area contributed by atoms with Crippen LogP contribution in [0.4, 0.5) is 0 Å². The minimum absolute atomic E-state index is 0. The van der Waals surface area contributed by atoms with E-state index in [1.807, 2.05) is 0 Å². The van der Waals surface area contributed by atoms with E-state index in [1.54, 1.807) is 0 Å². The summed E-state index contributed by atoms with van der Waals surface area (Å²) in [7, 11) is -5.17. The normalized spacial score (nSPS) is 18.4. The van der Waals surface area contributed by atoms with Gasteiger partial charge in [0.2, 0.25) is 0 Å². The van der Waals surface area contributed by atoms with Crippen LogP contribution < -0.4 is 69.2 Å². The standard InChI is InChI=1S/B4O7.2Na.H2O/c5-1-7-3(8-1)11-4-9-2(6)10-4;;;/h;;;1H2/q-2;2*+1;. The Morgan fingerprint density at radius 1 is 0.786 bits per heavy atom. The smallest absolute Gasteiger partial charge is 0.833 e. The Labute approximate surface area is 126 Å². The third-order valence-electron chi connectivity index (χ3n) is 1.11. The van der Waals surface area contributed by atoms with Crippen molar-refractivity contribution in [2.45, 2.75) is 0 Å². The summed E-state index contributed by atoms with van der Waals surface area (Å²) in [4.78, 5) is 0. The van der Waals surface area contributed by atoms with Crippen LogP contribution in [0.15, 0.2) is 0 Å². The van der Waals surface area contributed by atoms with Gasteiger partial charge >= 0.3 is 88.4 Å². The number of hydrogen-bond donors (Lipinski definition) is 0. The minimum Gasteiger partial charge on any atom is -0.833 e. The van der Waals surface area contributed by atoms with Gasteiger partial charge in [0.25, 0.3) is 0 Å². The maximum Gasteiger partial charge on any atom is 1.00 e. The zero-order valence-electron chi connectivity index (χ0n) is 7.67. The van der Waals surface area contributed by atoms with Gasteiger partial charge < -0.3 is 38.4 Å². The van der Waals surface area contributed by atoms with E-state index in [9.17, 15) is 10.0 Å². The number of hydrogen-bond acceptors (Lipinski definition) is 7. The average Bonchev–Trinajstić information content (AvgIpc) is 1.81. The molecule has 14 heteroatoms. The summed E-state index contributed by atoms with van der Waals surface area (Å²) in [5.74, 6) is 0. The summed E-state index contributed by atoms with van der Waals surface area (Å²) < 4.78 is 21.8. The van der Waals surface area contributed by atoms with Crippen molar-refractivity contribution in [3.05, 3.63) is 0 Å². The first kappa shape index (κ1) is 18.3. The molecule has 0 aromatic carbocycles. The molecule has 14 heavy (non-hydrogen) atoms. The first-order valence-electron chi connectivity index (χ1n) is 2.83. The van der Waals surface area contributed by atoms with E-state index in [4.69, 9.17) is 0 Å². The molecular formula is H2B4Na2O8. The first-order valence-corrected chi connectivity index (χ1v) is 2.83. The molecule has 0 unspecified atom stereocenters. The summed E-state index contributed by atoms with van der Waals surface area (Å²) in [5, 5.41) is 20.2. The second-order valence-electron chi connectivity index (χ2n) is 1.84. The molecule has 0 aromatic rings. The Morgan fingerprint density at radius 3 is 1.29 bits per heavy atom. The van der Waals surface area contributed by atoms with E-state index >= 15 is 0 Å². The first-order chi connectivity index (χ1) is 5.24. The van der Waals surface area contributed by atoms with E-state index < -0.39 is 29.3 Å². The van der Waals surface area contributed by atoms with Crippen molar-refractivity contribution >= 4 is 29.3 Å². The van der Waals surface area contributed by atoms with E-state index in [0.717, 1.165) is 0 Å². The molecule has 2 rings (SSSR count). The van der Waals surface area contributed by atoms with Gasteiger partial charge in [0.15, 0.2) is 0 Å². The minimum atomic E-state index is -1.51. The molecule has 0 radical (unpaired) electrons. The van der Waals surface area contributed by atoms with Gasteiger partial charge in [-0.05, 0) is 0 Å². The summed E-state index contributed by atoms with van der Waals surface area (Å²) >= 11 is 0. The monoisotopic (exact) mass is 220 g/mol. The van der Waals surface area contributed by atoms with Crippen LogP contribution in [0.1, 0.15) is 0 Å². The van der Waals surface area contributed by atoms with Gasteiger partial charge in [0.05, 0.1) is 0 Å². The Hall–Kier alpha value is 1.94. The maximum absolute atomic E-state index is 10.1. The average molecular weight is 219 g/mol. The predicted molar refractivity (Wildman–Crippen MR) is 32.1 cm³/mol. The summed E-state index contributed by atoms with van der Waals surface area (Å²) in [5.41, 5.74) is 0. The van der Waals surface area contributed by atoms with Crippen molar-refractivity contribution < 1.29 is 97.5 Å². The van der Waals surface area contributed by atoms with Crippen molar-refractivity contribution in [1.82, 2.24) is 0 Å². The van der Waals surface area contributed by atoms with Crippen molar-refractivity contribution in [3.8, 4) is 0 Å². The van der Waals surface area contributed by atoms with Crippen molar-refractivity contribution in [2.24, 2.45) is 0 Å². The largest absolute Gasteiger partial charge is 1.00 e. The van der Waals surface area contributed by atoms with Crippen LogP contribution in [0.25, 0.3) is 0 Å². The van der Waals surface area contributed by atoms with Crippen molar-refractivity contribution in [2.75, 3.05) is 0 Å². The van der Waals surface area contributed by atoms with Crippen LogP contribution in [0, 0.1) is 0 Å². The van der Waals surface area contributed by atoms with Crippen LogP contribution in [-0.4, -0.2) is 34.8 Å². The molecule has 0 aliphatic carbocycles. The van der Waals surface area contributed by atoms with Gasteiger partial charge in [-0.1, -0.05) is 0 Å². The quantitative estimate of drug-likeness (QED) is 0.422. The third kappa shape index (κ3) is 4.85. The van der Waals surface area contributed by atoms with E-state index in [0.29, 0.717) is 0 Å². The fraction of sp³-hybridized carbons (Fsp3) is 0. The van der Waals surface area contributed by atoms with Crippen LogP contribution in [0.2, 0.25) is 0 Å². The Kier molecular flexibility index (Phi) is 10.6. The molecular weight excluding hydrogens is 217 g/mol. The molecule has 0 aromatic heterocycles. The van der Waals surface area contributed by atoms with Gasteiger partial charge in [0, 0.05) is 0 Å². The van der Waals surface area contributed by atoms with Crippen LogP contribution >= 0.6 is 0 Å². The Balaban J connectivity index is 0. The SMILES string of the molecule is O.[Na+].[Na+].[O-]B1OB(OB2OB([O-])O2)O1. The predicted octanol–water partition coefficient (Wildman–Crippen LogP) is -11.1.